The molecule has 3 heteroatoms. The molecular formula is C15H29NO2. The van der Waals surface area contributed by atoms with Crippen molar-refractivity contribution in [3.05, 3.63) is 0 Å². The van der Waals surface area contributed by atoms with E-state index in [-0.39, 0.29) is 17.9 Å². The van der Waals surface area contributed by atoms with Crippen LogP contribution >= 0.6 is 0 Å². The number of hydrogen-bond donors (Lipinski definition) is 1. The molecule has 0 aromatic rings. The first-order valence-electron chi connectivity index (χ1n) is 7.27. The lowest BCUT2D eigenvalue weighted by atomic mass is 9.71. The van der Waals surface area contributed by atoms with Crippen LogP contribution in [0.5, 0.6) is 0 Å². The fourth-order valence-corrected chi connectivity index (χ4v) is 2.89. The lowest BCUT2D eigenvalue weighted by Crippen LogP contribution is -2.44. The maximum absolute atomic E-state index is 12.4. The SMILES string of the molecule is CC(C)N(CCCO)CC1CCCC(C)(C)C1=O. The molecule has 1 rings (SSSR count). The zero-order valence-corrected chi connectivity index (χ0v) is 12.4. The highest BCUT2D eigenvalue weighted by Gasteiger charge is 2.37. The van der Waals surface area contributed by atoms with E-state index in [1.54, 1.807) is 0 Å². The van der Waals surface area contributed by atoms with Gasteiger partial charge in [0.2, 0.25) is 0 Å². The highest BCUT2D eigenvalue weighted by atomic mass is 16.3. The molecule has 0 spiro atoms. The molecule has 0 saturated heterocycles. The van der Waals surface area contributed by atoms with Crippen LogP contribution in [-0.4, -0.2) is 41.5 Å². The summed E-state index contributed by atoms with van der Waals surface area (Å²) >= 11 is 0. The molecule has 0 aliphatic heterocycles. The van der Waals surface area contributed by atoms with Crippen molar-refractivity contribution < 1.29 is 9.90 Å². The van der Waals surface area contributed by atoms with Crippen molar-refractivity contribution in [2.75, 3.05) is 19.7 Å². The molecule has 1 aliphatic rings. The first-order chi connectivity index (χ1) is 8.38. The van der Waals surface area contributed by atoms with Gasteiger partial charge in [-0.05, 0) is 33.1 Å². The number of nitrogens with zero attached hydrogens (tertiary/aromatic N) is 1. The van der Waals surface area contributed by atoms with Crippen molar-refractivity contribution in [1.82, 2.24) is 4.90 Å². The largest absolute Gasteiger partial charge is 0.396 e. The number of carbonyl (C=O) groups is 1. The number of Topliss-reactive ketones (excluding diaryl/α,β-unsaturated/α-hetero) is 1. The standard InChI is InChI=1S/C15H29NO2/c1-12(2)16(9-6-10-17)11-13-7-5-8-15(3,4)14(13)18/h12-13,17H,5-11H2,1-4H3. The van der Waals surface area contributed by atoms with Crippen molar-refractivity contribution in [2.45, 2.75) is 59.4 Å². The predicted octanol–water partition coefficient (Wildman–Crippen LogP) is 2.47. The van der Waals surface area contributed by atoms with E-state index in [2.05, 4.69) is 32.6 Å². The average molecular weight is 255 g/mol. The van der Waals surface area contributed by atoms with Crippen LogP contribution < -0.4 is 0 Å². The van der Waals surface area contributed by atoms with Gasteiger partial charge in [-0.15, -0.1) is 0 Å². The second kappa shape index (κ2) is 6.67. The van der Waals surface area contributed by atoms with E-state index in [4.69, 9.17) is 5.11 Å². The highest BCUT2D eigenvalue weighted by Crippen LogP contribution is 2.35. The van der Waals surface area contributed by atoms with Gasteiger partial charge in [0.25, 0.3) is 0 Å². The van der Waals surface area contributed by atoms with Crippen molar-refractivity contribution in [3.63, 3.8) is 0 Å². The van der Waals surface area contributed by atoms with Gasteiger partial charge in [-0.2, -0.15) is 0 Å². The van der Waals surface area contributed by atoms with Crippen molar-refractivity contribution in [3.8, 4) is 0 Å². The Kier molecular flexibility index (Phi) is 5.80. The Morgan fingerprint density at radius 3 is 2.67 bits per heavy atom. The number of carbonyl (C=O) groups excluding carboxylic acids is 1. The van der Waals surface area contributed by atoms with Crippen molar-refractivity contribution in [2.24, 2.45) is 11.3 Å². The molecule has 1 aliphatic carbocycles. The van der Waals surface area contributed by atoms with Gasteiger partial charge in [0.15, 0.2) is 0 Å². The summed E-state index contributed by atoms with van der Waals surface area (Å²) in [6.45, 7) is 10.5. The third-order valence-corrected chi connectivity index (χ3v) is 4.18. The van der Waals surface area contributed by atoms with Crippen LogP contribution in [0.15, 0.2) is 0 Å². The zero-order valence-electron chi connectivity index (χ0n) is 12.4. The van der Waals surface area contributed by atoms with Gasteiger partial charge in [-0.1, -0.05) is 20.3 Å². The molecule has 0 aromatic heterocycles. The topological polar surface area (TPSA) is 40.5 Å². The van der Waals surface area contributed by atoms with Crippen LogP contribution in [0.2, 0.25) is 0 Å². The molecule has 0 heterocycles. The Balaban J connectivity index is 2.60. The Labute approximate surface area is 112 Å². The summed E-state index contributed by atoms with van der Waals surface area (Å²) < 4.78 is 0. The monoisotopic (exact) mass is 255 g/mol. The summed E-state index contributed by atoms with van der Waals surface area (Å²) in [5.41, 5.74) is -0.136. The number of aliphatic hydroxyl groups is 1. The van der Waals surface area contributed by atoms with Crippen LogP contribution in [0, 0.1) is 11.3 Å². The van der Waals surface area contributed by atoms with E-state index in [0.29, 0.717) is 11.8 Å². The summed E-state index contributed by atoms with van der Waals surface area (Å²) in [5.74, 6) is 0.623. The Hall–Kier alpha value is -0.410. The Morgan fingerprint density at radius 2 is 2.11 bits per heavy atom. The summed E-state index contributed by atoms with van der Waals surface area (Å²) in [6, 6.07) is 0.439. The number of hydrogen-bond acceptors (Lipinski definition) is 3. The molecule has 0 radical (unpaired) electrons. The zero-order chi connectivity index (χ0) is 13.8. The second-order valence-corrected chi connectivity index (χ2v) is 6.50. The summed E-state index contributed by atoms with van der Waals surface area (Å²) in [7, 11) is 0. The summed E-state index contributed by atoms with van der Waals surface area (Å²) in [6.07, 6.45) is 4.02. The van der Waals surface area contributed by atoms with Crippen molar-refractivity contribution in [1.29, 1.82) is 0 Å². The lowest BCUT2D eigenvalue weighted by Gasteiger charge is -2.37. The molecule has 0 amide bonds. The molecule has 1 N–H and O–H groups in total. The van der Waals surface area contributed by atoms with E-state index < -0.39 is 0 Å². The van der Waals surface area contributed by atoms with Gasteiger partial charge in [-0.25, -0.2) is 0 Å². The molecule has 1 unspecified atom stereocenters. The second-order valence-electron chi connectivity index (χ2n) is 6.50. The van der Waals surface area contributed by atoms with Crippen LogP contribution in [-0.2, 0) is 4.79 Å². The lowest BCUT2D eigenvalue weighted by molar-refractivity contribution is -0.135. The molecule has 0 bridgehead atoms. The van der Waals surface area contributed by atoms with E-state index in [0.717, 1.165) is 38.8 Å². The van der Waals surface area contributed by atoms with Crippen LogP contribution in [0.4, 0.5) is 0 Å². The maximum atomic E-state index is 12.4. The van der Waals surface area contributed by atoms with Gasteiger partial charge in [-0.3, -0.25) is 4.79 Å². The minimum Gasteiger partial charge on any atom is -0.396 e. The molecule has 1 atom stereocenters. The fourth-order valence-electron chi connectivity index (χ4n) is 2.89. The Morgan fingerprint density at radius 1 is 1.44 bits per heavy atom. The summed E-state index contributed by atoms with van der Waals surface area (Å²) in [5, 5.41) is 8.94. The maximum Gasteiger partial charge on any atom is 0.142 e. The van der Waals surface area contributed by atoms with Gasteiger partial charge in [0.05, 0.1) is 0 Å². The first-order valence-corrected chi connectivity index (χ1v) is 7.27. The Bertz CT molecular complexity index is 274. The van der Waals surface area contributed by atoms with Crippen LogP contribution in [0.1, 0.15) is 53.4 Å². The third kappa shape index (κ3) is 4.06. The molecule has 3 nitrogen and oxygen atoms in total. The minimum absolute atomic E-state index is 0.136. The average Bonchev–Trinajstić information content (AvgIpc) is 2.29. The van der Waals surface area contributed by atoms with Crippen molar-refractivity contribution >= 4 is 5.78 Å². The summed E-state index contributed by atoms with van der Waals surface area (Å²) in [4.78, 5) is 14.7. The van der Waals surface area contributed by atoms with Gasteiger partial charge in [0.1, 0.15) is 5.78 Å². The third-order valence-electron chi connectivity index (χ3n) is 4.18. The minimum atomic E-state index is -0.136. The normalized spacial score (nSPS) is 23.9. The number of aliphatic hydroxyl groups excluding tert-OH is 1. The number of ketones is 1. The first kappa shape index (κ1) is 15.6. The molecule has 0 aromatic carbocycles. The van der Waals surface area contributed by atoms with Gasteiger partial charge in [0, 0.05) is 37.1 Å². The van der Waals surface area contributed by atoms with E-state index >= 15 is 0 Å². The molecule has 18 heavy (non-hydrogen) atoms. The molecular weight excluding hydrogens is 226 g/mol. The smallest absolute Gasteiger partial charge is 0.142 e. The van der Waals surface area contributed by atoms with E-state index in [1.165, 1.54) is 0 Å². The van der Waals surface area contributed by atoms with E-state index in [1.807, 2.05) is 0 Å². The molecule has 1 saturated carbocycles. The number of rotatable bonds is 6. The van der Waals surface area contributed by atoms with Crippen LogP contribution in [0.25, 0.3) is 0 Å². The predicted molar refractivity (Wildman–Crippen MR) is 74.5 cm³/mol. The quantitative estimate of drug-likeness (QED) is 0.792. The molecule has 106 valence electrons. The van der Waals surface area contributed by atoms with Crippen LogP contribution in [0.3, 0.4) is 0 Å². The van der Waals surface area contributed by atoms with Gasteiger partial charge >= 0.3 is 0 Å². The van der Waals surface area contributed by atoms with Gasteiger partial charge < -0.3 is 10.0 Å². The van der Waals surface area contributed by atoms with E-state index in [9.17, 15) is 4.79 Å². The fraction of sp³-hybridized carbons (Fsp3) is 0.933. The molecule has 1 fully saturated rings. The highest BCUT2D eigenvalue weighted by molar-refractivity contribution is 5.87.